The molecule has 0 radical (unpaired) electrons. The molecule has 0 unspecified atom stereocenters. The van der Waals surface area contributed by atoms with Crippen molar-refractivity contribution in [3.05, 3.63) is 108 Å². The van der Waals surface area contributed by atoms with E-state index >= 15 is 0 Å². The van der Waals surface area contributed by atoms with E-state index in [1.807, 2.05) is 0 Å². The number of rotatable bonds is 6. The second kappa shape index (κ2) is 12.5. The maximum absolute atomic E-state index is 6.33. The largest absolute Gasteiger partial charge is 0.338 e. The number of nitrogens with zero attached hydrogens (tertiary/aromatic N) is 2. The van der Waals surface area contributed by atoms with Crippen molar-refractivity contribution in [2.45, 2.75) is 57.0 Å². The molecule has 0 amide bonds. The summed E-state index contributed by atoms with van der Waals surface area (Å²) in [5, 5.41) is 7.69. The number of piperidine rings is 1. The van der Waals surface area contributed by atoms with Gasteiger partial charge in [-0.25, -0.2) is 0 Å². The van der Waals surface area contributed by atoms with E-state index in [1.54, 1.807) is 0 Å². The molecule has 1 aliphatic carbocycles. The maximum Gasteiger partial charge on any atom is 0.0420 e. The summed E-state index contributed by atoms with van der Waals surface area (Å²) in [6, 6.07) is 35.8. The summed E-state index contributed by atoms with van der Waals surface area (Å²) >= 11 is 0. The van der Waals surface area contributed by atoms with E-state index in [4.69, 9.17) is 12.8 Å². The zero-order chi connectivity index (χ0) is 29.9. The first-order chi connectivity index (χ1) is 21.8. The third-order valence-corrected chi connectivity index (χ3v) is 9.61. The highest BCUT2D eigenvalue weighted by atomic mass is 15.2. The Morgan fingerprint density at radius 1 is 0.500 bits per heavy atom. The molecular weight excluding hydrogens is 534 g/mol. The number of anilines is 4. The highest BCUT2D eigenvalue weighted by molar-refractivity contribution is 6.11. The number of hydrogen-bond acceptors (Lipinski definition) is 3. The molecule has 2 aliphatic rings. The van der Waals surface area contributed by atoms with Gasteiger partial charge in [-0.15, -0.1) is 12.8 Å². The zero-order valence-corrected chi connectivity index (χ0v) is 25.3. The Morgan fingerprint density at radius 2 is 0.955 bits per heavy atom. The molecule has 0 atom stereocenters. The molecule has 1 aliphatic heterocycles. The van der Waals surface area contributed by atoms with Crippen molar-refractivity contribution in [3.63, 3.8) is 0 Å². The van der Waals surface area contributed by atoms with Crippen LogP contribution in [0.1, 0.15) is 56.1 Å². The van der Waals surface area contributed by atoms with Crippen molar-refractivity contribution in [2.24, 2.45) is 0 Å². The van der Waals surface area contributed by atoms with Gasteiger partial charge in [0.1, 0.15) is 0 Å². The average Bonchev–Trinajstić information content (AvgIpc) is 3.09. The van der Waals surface area contributed by atoms with Gasteiger partial charge >= 0.3 is 0 Å². The smallest absolute Gasteiger partial charge is 0.0420 e. The van der Waals surface area contributed by atoms with Gasteiger partial charge in [-0.1, -0.05) is 79.6 Å². The van der Waals surface area contributed by atoms with Crippen LogP contribution in [-0.2, 0) is 0 Å². The molecular formula is C41H39N3. The fraction of sp³-hybridized carbons (Fsp3) is 0.268. The minimum atomic E-state index is 0.407. The Kier molecular flexibility index (Phi) is 7.98. The van der Waals surface area contributed by atoms with Crippen LogP contribution in [0.2, 0.25) is 0 Å². The second-order valence-electron chi connectivity index (χ2n) is 12.2. The van der Waals surface area contributed by atoms with Gasteiger partial charge in [-0.2, -0.15) is 0 Å². The second-order valence-corrected chi connectivity index (χ2v) is 12.2. The minimum absolute atomic E-state index is 0.407. The van der Waals surface area contributed by atoms with Crippen LogP contribution < -0.4 is 15.1 Å². The van der Waals surface area contributed by atoms with Crippen LogP contribution in [0, 0.1) is 24.7 Å². The third kappa shape index (κ3) is 5.19. The van der Waals surface area contributed by atoms with E-state index in [2.05, 4.69) is 124 Å². The molecule has 1 heterocycles. The third-order valence-electron chi connectivity index (χ3n) is 9.61. The first kappa shape index (κ1) is 28.1. The van der Waals surface area contributed by atoms with Crippen LogP contribution in [0.15, 0.2) is 97.1 Å². The van der Waals surface area contributed by atoms with Crippen LogP contribution in [0.25, 0.3) is 21.5 Å². The fourth-order valence-corrected chi connectivity index (χ4v) is 7.54. The first-order valence-corrected chi connectivity index (χ1v) is 16.1. The molecule has 7 rings (SSSR count). The molecule has 5 aromatic rings. The summed E-state index contributed by atoms with van der Waals surface area (Å²) in [6.07, 6.45) is 21.1. The molecule has 1 N–H and O–H groups in total. The number of benzene rings is 5. The summed E-state index contributed by atoms with van der Waals surface area (Å²) < 4.78 is 0. The number of nitrogens with one attached hydrogen (secondary N) is 1. The van der Waals surface area contributed by atoms with Crippen LogP contribution in [0.5, 0.6) is 0 Å². The molecule has 5 aromatic carbocycles. The lowest BCUT2D eigenvalue weighted by molar-refractivity contribution is 0.436. The molecule has 0 spiro atoms. The molecule has 3 heteroatoms. The van der Waals surface area contributed by atoms with E-state index in [9.17, 15) is 0 Å². The van der Waals surface area contributed by atoms with Crippen molar-refractivity contribution in [1.82, 2.24) is 5.32 Å². The number of hydrogen-bond donors (Lipinski definition) is 1. The van der Waals surface area contributed by atoms with Crippen LogP contribution in [0.4, 0.5) is 22.7 Å². The summed E-state index contributed by atoms with van der Waals surface area (Å²) in [5.74, 6) is 6.17. The molecule has 44 heavy (non-hydrogen) atoms. The van der Waals surface area contributed by atoms with E-state index in [0.717, 1.165) is 64.3 Å². The summed E-state index contributed by atoms with van der Waals surface area (Å²) in [7, 11) is 0. The van der Waals surface area contributed by atoms with E-state index in [1.165, 1.54) is 49.2 Å². The minimum Gasteiger partial charge on any atom is -0.338 e. The van der Waals surface area contributed by atoms with E-state index in [-0.39, 0.29) is 0 Å². The van der Waals surface area contributed by atoms with E-state index in [0.29, 0.717) is 12.1 Å². The number of terminal acetylenes is 2. The molecule has 0 aromatic heterocycles. The molecule has 2 fully saturated rings. The average molecular weight is 574 g/mol. The predicted molar refractivity (Wildman–Crippen MR) is 187 cm³/mol. The number of para-hydroxylation sites is 2. The Bertz CT molecular complexity index is 1710. The number of fused-ring (bicyclic) bond motifs is 2. The Hall–Kier alpha value is -4.70. The van der Waals surface area contributed by atoms with Gasteiger partial charge in [0.25, 0.3) is 0 Å². The molecule has 3 nitrogen and oxygen atoms in total. The van der Waals surface area contributed by atoms with Crippen molar-refractivity contribution in [1.29, 1.82) is 0 Å². The van der Waals surface area contributed by atoms with Gasteiger partial charge in [0.2, 0.25) is 0 Å². The van der Waals surface area contributed by atoms with Crippen LogP contribution in [-0.4, -0.2) is 25.2 Å². The van der Waals surface area contributed by atoms with Gasteiger partial charge in [0.15, 0.2) is 0 Å². The summed E-state index contributed by atoms with van der Waals surface area (Å²) in [6.45, 7) is 2.04. The van der Waals surface area contributed by atoms with Crippen molar-refractivity contribution in [3.8, 4) is 24.7 Å². The van der Waals surface area contributed by atoms with Gasteiger partial charge in [0, 0.05) is 56.7 Å². The summed E-state index contributed by atoms with van der Waals surface area (Å²) in [4.78, 5) is 5.02. The van der Waals surface area contributed by atoms with Crippen molar-refractivity contribution >= 4 is 44.3 Å². The first-order valence-electron chi connectivity index (χ1n) is 16.1. The Morgan fingerprint density at radius 3 is 1.41 bits per heavy atom. The maximum atomic E-state index is 6.33. The van der Waals surface area contributed by atoms with Gasteiger partial charge < -0.3 is 15.1 Å². The van der Waals surface area contributed by atoms with Crippen LogP contribution in [0.3, 0.4) is 0 Å². The lowest BCUT2D eigenvalue weighted by Gasteiger charge is -2.37. The fourth-order valence-electron chi connectivity index (χ4n) is 7.54. The van der Waals surface area contributed by atoms with Gasteiger partial charge in [-0.3, -0.25) is 0 Å². The van der Waals surface area contributed by atoms with Gasteiger partial charge in [-0.05, 0) is 98.1 Å². The standard InChI is InChI=1S/C41H39N3/c1-3-36-39-23-21-35(44(32-18-12-7-13-19-32)33-24-26-42-27-25-33)29-41(39)37(4-2)38-22-20-34(28-40(36)38)43(30-14-8-5-9-15-30)31-16-10-6-11-17-31/h1-2,5,7-9,12-15,18-23,28-29,31,33,42H,6,10-11,16-17,24-27H2. The zero-order valence-electron chi connectivity index (χ0n) is 25.3. The van der Waals surface area contributed by atoms with E-state index < -0.39 is 0 Å². The summed E-state index contributed by atoms with van der Waals surface area (Å²) in [5.41, 5.74) is 6.57. The highest BCUT2D eigenvalue weighted by Gasteiger charge is 2.26. The highest BCUT2D eigenvalue weighted by Crippen LogP contribution is 2.41. The SMILES string of the molecule is C#Cc1c2ccc(N(c3ccccc3)C3CCNCC3)cc2c(C#C)c2ccc(N(c3ccccc3)C3CCCCC3)cc12. The van der Waals surface area contributed by atoms with Crippen molar-refractivity contribution in [2.75, 3.05) is 22.9 Å². The topological polar surface area (TPSA) is 18.5 Å². The monoisotopic (exact) mass is 573 g/mol. The Balaban J connectivity index is 1.40. The lowest BCUT2D eigenvalue weighted by atomic mass is 9.90. The normalized spacial score (nSPS) is 16.0. The predicted octanol–water partition coefficient (Wildman–Crippen LogP) is 9.32. The lowest BCUT2D eigenvalue weighted by Crippen LogP contribution is -2.40. The van der Waals surface area contributed by atoms with Crippen LogP contribution >= 0.6 is 0 Å². The molecule has 0 bridgehead atoms. The molecule has 1 saturated heterocycles. The quantitative estimate of drug-likeness (QED) is 0.161. The van der Waals surface area contributed by atoms with Crippen molar-refractivity contribution < 1.29 is 0 Å². The molecule has 218 valence electrons. The van der Waals surface area contributed by atoms with Gasteiger partial charge in [0.05, 0.1) is 0 Å². The molecule has 1 saturated carbocycles. The Labute approximate surface area is 261 Å².